The van der Waals surface area contributed by atoms with E-state index in [0.717, 1.165) is 4.90 Å². The molecule has 12 heavy (non-hydrogen) atoms. The Morgan fingerprint density at radius 1 is 1.50 bits per heavy atom. The van der Waals surface area contributed by atoms with Crippen molar-refractivity contribution in [2.75, 3.05) is 14.1 Å². The van der Waals surface area contributed by atoms with E-state index in [4.69, 9.17) is 0 Å². The van der Waals surface area contributed by atoms with Crippen LogP contribution in [0.1, 0.15) is 20.8 Å². The van der Waals surface area contributed by atoms with Gasteiger partial charge in [-0.25, -0.2) is 0 Å². The summed E-state index contributed by atoms with van der Waals surface area (Å²) in [4.78, 5) is 22.0. The van der Waals surface area contributed by atoms with Gasteiger partial charge >= 0.3 is 0 Å². The predicted octanol–water partition coefficient (Wildman–Crippen LogP) is 0.235. The molecular formula is C8H18N2O2. The molecule has 0 aliphatic heterocycles. The van der Waals surface area contributed by atoms with Crippen LogP contribution in [0.3, 0.4) is 0 Å². The molecule has 1 atom stereocenters. The van der Waals surface area contributed by atoms with Crippen LogP contribution in [-0.4, -0.2) is 37.4 Å². The fourth-order valence-corrected chi connectivity index (χ4v) is 0.481. The van der Waals surface area contributed by atoms with Crippen LogP contribution in [-0.2, 0) is 9.59 Å². The second kappa shape index (κ2) is 8.20. The molecule has 4 heteroatoms. The lowest BCUT2D eigenvalue weighted by atomic mass is 10.3. The van der Waals surface area contributed by atoms with E-state index in [1.807, 2.05) is 13.8 Å². The summed E-state index contributed by atoms with van der Waals surface area (Å²) in [6, 6.07) is -0.296. The molecule has 0 spiro atoms. The Hall–Kier alpha value is -0.900. The van der Waals surface area contributed by atoms with E-state index >= 15 is 0 Å². The van der Waals surface area contributed by atoms with Crippen molar-refractivity contribution in [1.82, 2.24) is 10.2 Å². The monoisotopic (exact) mass is 174 g/mol. The minimum absolute atomic E-state index is 0.225. The maximum atomic E-state index is 10.9. The third-order valence-electron chi connectivity index (χ3n) is 1.31. The number of rotatable bonds is 3. The highest BCUT2D eigenvalue weighted by Crippen LogP contribution is 1.86. The van der Waals surface area contributed by atoms with Crippen molar-refractivity contribution in [2.45, 2.75) is 26.8 Å². The first-order valence-corrected chi connectivity index (χ1v) is 4.02. The molecule has 0 radical (unpaired) electrons. The Bertz CT molecular complexity index is 137. The molecule has 0 rings (SSSR count). The SMILES string of the molecule is CC.CNC(C)C(=O)N(C)C=O. The summed E-state index contributed by atoms with van der Waals surface area (Å²) >= 11 is 0. The second-order valence-electron chi connectivity index (χ2n) is 2.06. The van der Waals surface area contributed by atoms with Crippen molar-refractivity contribution in [1.29, 1.82) is 0 Å². The lowest BCUT2D eigenvalue weighted by Crippen LogP contribution is -2.40. The largest absolute Gasteiger partial charge is 0.309 e. The van der Waals surface area contributed by atoms with Crippen molar-refractivity contribution in [3.63, 3.8) is 0 Å². The fraction of sp³-hybridized carbons (Fsp3) is 0.750. The molecular weight excluding hydrogens is 156 g/mol. The first kappa shape index (κ1) is 13.7. The summed E-state index contributed by atoms with van der Waals surface area (Å²) in [6.07, 6.45) is 0.496. The topological polar surface area (TPSA) is 49.4 Å². The van der Waals surface area contributed by atoms with E-state index in [1.165, 1.54) is 7.05 Å². The third kappa shape index (κ3) is 4.85. The number of carbonyl (C=O) groups is 2. The highest BCUT2D eigenvalue weighted by Gasteiger charge is 2.13. The van der Waals surface area contributed by atoms with Gasteiger partial charge in [-0.1, -0.05) is 13.8 Å². The van der Waals surface area contributed by atoms with Crippen molar-refractivity contribution >= 4 is 12.3 Å². The minimum Gasteiger partial charge on any atom is -0.309 e. The molecule has 1 unspecified atom stereocenters. The quantitative estimate of drug-likeness (QED) is 0.623. The molecule has 4 nitrogen and oxygen atoms in total. The van der Waals surface area contributed by atoms with Crippen molar-refractivity contribution in [3.05, 3.63) is 0 Å². The lowest BCUT2D eigenvalue weighted by Gasteiger charge is -2.13. The van der Waals surface area contributed by atoms with Crippen LogP contribution in [0.25, 0.3) is 0 Å². The molecule has 0 saturated heterocycles. The summed E-state index contributed by atoms with van der Waals surface area (Å²) in [5, 5.41) is 2.73. The zero-order valence-electron chi connectivity index (χ0n) is 8.42. The maximum absolute atomic E-state index is 10.9. The molecule has 0 aliphatic carbocycles. The molecule has 0 aromatic carbocycles. The molecule has 0 aromatic heterocycles. The molecule has 72 valence electrons. The summed E-state index contributed by atoms with van der Waals surface area (Å²) in [7, 11) is 3.10. The molecule has 0 aromatic rings. The molecule has 0 fully saturated rings. The summed E-state index contributed by atoms with van der Waals surface area (Å²) in [5.74, 6) is -0.225. The van der Waals surface area contributed by atoms with E-state index in [0.29, 0.717) is 6.41 Å². The van der Waals surface area contributed by atoms with Crippen LogP contribution < -0.4 is 5.32 Å². The Morgan fingerprint density at radius 2 is 1.92 bits per heavy atom. The first-order chi connectivity index (χ1) is 5.63. The average molecular weight is 174 g/mol. The number of hydrogen-bond acceptors (Lipinski definition) is 3. The average Bonchev–Trinajstić information content (AvgIpc) is 2.17. The summed E-state index contributed by atoms with van der Waals surface area (Å²) < 4.78 is 0. The zero-order chi connectivity index (χ0) is 10.1. The summed E-state index contributed by atoms with van der Waals surface area (Å²) in [5.41, 5.74) is 0. The Kier molecular flexibility index (Phi) is 9.34. The van der Waals surface area contributed by atoms with Gasteiger partial charge in [-0.15, -0.1) is 0 Å². The van der Waals surface area contributed by atoms with Crippen molar-refractivity contribution < 1.29 is 9.59 Å². The van der Waals surface area contributed by atoms with Crippen LogP contribution in [0.15, 0.2) is 0 Å². The van der Waals surface area contributed by atoms with Crippen LogP contribution >= 0.6 is 0 Å². The summed E-state index contributed by atoms with van der Waals surface area (Å²) in [6.45, 7) is 5.70. The number of hydrogen-bond donors (Lipinski definition) is 1. The van der Waals surface area contributed by atoms with Crippen LogP contribution in [0, 0.1) is 0 Å². The van der Waals surface area contributed by atoms with Gasteiger partial charge in [0.1, 0.15) is 0 Å². The number of amides is 2. The molecule has 0 bridgehead atoms. The van der Waals surface area contributed by atoms with Gasteiger partial charge in [0.2, 0.25) is 12.3 Å². The van der Waals surface area contributed by atoms with Gasteiger partial charge in [-0.3, -0.25) is 14.5 Å². The predicted molar refractivity (Wildman–Crippen MR) is 48.7 cm³/mol. The van der Waals surface area contributed by atoms with Crippen LogP contribution in [0.4, 0.5) is 0 Å². The van der Waals surface area contributed by atoms with Gasteiger partial charge in [-0.2, -0.15) is 0 Å². The molecule has 0 aliphatic rings. The maximum Gasteiger partial charge on any atom is 0.245 e. The normalized spacial score (nSPS) is 10.8. The van der Waals surface area contributed by atoms with E-state index in [2.05, 4.69) is 5.32 Å². The first-order valence-electron chi connectivity index (χ1n) is 4.02. The molecule has 0 saturated carbocycles. The fourth-order valence-electron chi connectivity index (χ4n) is 0.481. The zero-order valence-corrected chi connectivity index (χ0v) is 8.42. The van der Waals surface area contributed by atoms with Gasteiger partial charge in [0.05, 0.1) is 6.04 Å². The molecule has 0 heterocycles. The Morgan fingerprint density at radius 3 is 2.17 bits per heavy atom. The standard InChI is InChI=1S/C6H12N2O2.C2H6/c1-5(7-2)6(10)8(3)4-9;1-2/h4-5,7H,1-3H3;1-2H3. The smallest absolute Gasteiger partial charge is 0.245 e. The molecule has 1 N–H and O–H groups in total. The Labute approximate surface area is 73.9 Å². The van der Waals surface area contributed by atoms with Gasteiger partial charge in [0.15, 0.2) is 0 Å². The Balaban J connectivity index is 0. The highest BCUT2D eigenvalue weighted by atomic mass is 16.2. The van der Waals surface area contributed by atoms with Crippen molar-refractivity contribution in [3.8, 4) is 0 Å². The number of likely N-dealkylation sites (N-methyl/N-ethyl adjacent to an activating group) is 2. The van der Waals surface area contributed by atoms with Gasteiger partial charge < -0.3 is 5.32 Å². The van der Waals surface area contributed by atoms with Gasteiger partial charge in [0, 0.05) is 7.05 Å². The van der Waals surface area contributed by atoms with E-state index in [1.54, 1.807) is 14.0 Å². The third-order valence-corrected chi connectivity index (χ3v) is 1.31. The highest BCUT2D eigenvalue weighted by molar-refractivity contribution is 5.89. The van der Waals surface area contributed by atoms with E-state index < -0.39 is 0 Å². The van der Waals surface area contributed by atoms with Crippen molar-refractivity contribution in [2.24, 2.45) is 0 Å². The number of carbonyl (C=O) groups excluding carboxylic acids is 2. The second-order valence-corrected chi connectivity index (χ2v) is 2.06. The number of nitrogens with one attached hydrogen (secondary N) is 1. The number of imide groups is 1. The lowest BCUT2D eigenvalue weighted by molar-refractivity contribution is -0.137. The van der Waals surface area contributed by atoms with Gasteiger partial charge in [-0.05, 0) is 14.0 Å². The van der Waals surface area contributed by atoms with Gasteiger partial charge in [0.25, 0.3) is 0 Å². The molecule has 2 amide bonds. The van der Waals surface area contributed by atoms with Crippen LogP contribution in [0.5, 0.6) is 0 Å². The van der Waals surface area contributed by atoms with Crippen LogP contribution in [0.2, 0.25) is 0 Å². The van der Waals surface area contributed by atoms with E-state index in [-0.39, 0.29) is 11.9 Å². The van der Waals surface area contributed by atoms with E-state index in [9.17, 15) is 9.59 Å². The number of nitrogens with zero attached hydrogens (tertiary/aromatic N) is 1. The minimum atomic E-state index is -0.296.